The average Bonchev–Trinajstić information content (AvgIpc) is 3.45. The first-order valence-electron chi connectivity index (χ1n) is 14.1. The summed E-state index contributed by atoms with van der Waals surface area (Å²) in [6.45, 7) is 19.3. The maximum atomic E-state index is 13.7. The van der Waals surface area contributed by atoms with Gasteiger partial charge in [0.05, 0.1) is 41.0 Å². The van der Waals surface area contributed by atoms with Gasteiger partial charge in [-0.15, -0.1) is 0 Å². The molecule has 0 aromatic carbocycles. The Morgan fingerprint density at radius 3 is 2.16 bits per heavy atom. The lowest BCUT2D eigenvalue weighted by Gasteiger charge is -2.35. The molecule has 1 spiro atoms. The SMILES string of the molecule is CC(C)c1c(B2OC(C)(C)C(C)(C)O2)n(C(=O)OC(C)(C)C)c2ccc(C3CCC4(CC3)OCCO4)nc12. The fourth-order valence-corrected chi connectivity index (χ4v) is 5.84. The Hall–Kier alpha value is -1.94. The number of aromatic nitrogens is 2. The highest BCUT2D eigenvalue weighted by Crippen LogP contribution is 2.43. The highest BCUT2D eigenvalue weighted by molar-refractivity contribution is 6.63. The van der Waals surface area contributed by atoms with Crippen molar-refractivity contribution in [3.05, 3.63) is 23.4 Å². The molecule has 8 nitrogen and oxygen atoms in total. The summed E-state index contributed by atoms with van der Waals surface area (Å²) in [4.78, 5) is 18.9. The van der Waals surface area contributed by atoms with Crippen molar-refractivity contribution in [2.75, 3.05) is 13.2 Å². The highest BCUT2D eigenvalue weighted by atomic mass is 16.7. The first-order valence-corrected chi connectivity index (χ1v) is 14.1. The summed E-state index contributed by atoms with van der Waals surface area (Å²) in [5.74, 6) is -0.0240. The Balaban J connectivity index is 1.61. The minimum atomic E-state index is -0.728. The number of carbonyl (C=O) groups is 1. The molecule has 3 aliphatic rings. The molecule has 4 heterocycles. The second kappa shape index (κ2) is 9.32. The lowest BCUT2D eigenvalue weighted by Crippen LogP contribution is -2.44. The van der Waals surface area contributed by atoms with E-state index >= 15 is 0 Å². The van der Waals surface area contributed by atoms with Crippen molar-refractivity contribution in [3.8, 4) is 0 Å². The summed E-state index contributed by atoms with van der Waals surface area (Å²) < 4.78 is 32.4. The molecule has 2 aromatic rings. The van der Waals surface area contributed by atoms with E-state index < -0.39 is 35.8 Å². The van der Waals surface area contributed by atoms with E-state index in [-0.39, 0.29) is 5.92 Å². The number of ether oxygens (including phenoxy) is 3. The van der Waals surface area contributed by atoms with Crippen molar-refractivity contribution in [2.45, 2.75) is 122 Å². The van der Waals surface area contributed by atoms with Crippen LogP contribution in [0.15, 0.2) is 12.1 Å². The van der Waals surface area contributed by atoms with Crippen LogP contribution in [0.2, 0.25) is 0 Å². The number of pyridine rings is 1. The topological polar surface area (TPSA) is 81.0 Å². The number of carbonyl (C=O) groups excluding carboxylic acids is 1. The summed E-state index contributed by atoms with van der Waals surface area (Å²) in [5.41, 5.74) is 2.42. The van der Waals surface area contributed by atoms with E-state index in [4.69, 9.17) is 28.5 Å². The smallest absolute Gasteiger partial charge is 0.443 e. The van der Waals surface area contributed by atoms with Crippen molar-refractivity contribution < 1.29 is 28.3 Å². The van der Waals surface area contributed by atoms with Crippen LogP contribution in [0.5, 0.6) is 0 Å². The molecule has 1 aliphatic carbocycles. The number of hydrogen-bond donors (Lipinski definition) is 0. The Bertz CT molecular complexity index is 1200. The largest absolute Gasteiger partial charge is 0.513 e. The van der Waals surface area contributed by atoms with E-state index in [2.05, 4.69) is 19.9 Å². The van der Waals surface area contributed by atoms with Gasteiger partial charge < -0.3 is 23.5 Å². The molecule has 0 amide bonds. The third-order valence-electron chi connectivity index (χ3n) is 8.52. The average molecular weight is 526 g/mol. The van der Waals surface area contributed by atoms with Gasteiger partial charge in [0.1, 0.15) is 5.60 Å². The lowest BCUT2D eigenvalue weighted by atomic mass is 9.78. The summed E-state index contributed by atoms with van der Waals surface area (Å²) >= 11 is 0. The molecule has 0 bridgehead atoms. The predicted molar refractivity (Wildman–Crippen MR) is 147 cm³/mol. The number of rotatable bonds is 3. The van der Waals surface area contributed by atoms with E-state index in [9.17, 15) is 4.79 Å². The maximum absolute atomic E-state index is 13.7. The molecule has 0 unspecified atom stereocenters. The fraction of sp³-hybridized carbons (Fsp3) is 0.724. The number of nitrogens with zero attached hydrogens (tertiary/aromatic N) is 2. The zero-order valence-corrected chi connectivity index (χ0v) is 24.5. The Morgan fingerprint density at radius 2 is 1.63 bits per heavy atom. The van der Waals surface area contributed by atoms with Gasteiger partial charge in [0, 0.05) is 24.5 Å². The molecule has 2 saturated heterocycles. The van der Waals surface area contributed by atoms with Crippen LogP contribution in [0.1, 0.15) is 111 Å². The molecular weight excluding hydrogens is 483 g/mol. The van der Waals surface area contributed by atoms with E-state index in [1.807, 2.05) is 54.5 Å². The van der Waals surface area contributed by atoms with Gasteiger partial charge in [-0.3, -0.25) is 9.55 Å². The van der Waals surface area contributed by atoms with Crippen molar-refractivity contribution in [2.24, 2.45) is 0 Å². The minimum absolute atomic E-state index is 0.0767. The van der Waals surface area contributed by atoms with Crippen LogP contribution in [0.25, 0.3) is 11.0 Å². The summed E-state index contributed by atoms with van der Waals surface area (Å²) in [6.07, 6.45) is 3.18. The summed E-state index contributed by atoms with van der Waals surface area (Å²) in [6, 6.07) is 4.06. The highest BCUT2D eigenvalue weighted by Gasteiger charge is 2.54. The summed E-state index contributed by atoms with van der Waals surface area (Å²) in [5, 5.41) is 0. The van der Waals surface area contributed by atoms with Gasteiger partial charge in [0.25, 0.3) is 0 Å². The van der Waals surface area contributed by atoms with Crippen molar-refractivity contribution in [1.82, 2.24) is 9.55 Å². The van der Waals surface area contributed by atoms with E-state index in [1.165, 1.54) is 0 Å². The molecule has 0 N–H and O–H groups in total. The van der Waals surface area contributed by atoms with E-state index in [0.29, 0.717) is 30.2 Å². The zero-order valence-electron chi connectivity index (χ0n) is 24.5. The molecule has 208 valence electrons. The van der Waals surface area contributed by atoms with Gasteiger partial charge in [0.15, 0.2) is 5.79 Å². The van der Waals surface area contributed by atoms with Crippen LogP contribution in [0.3, 0.4) is 0 Å². The van der Waals surface area contributed by atoms with E-state index in [1.54, 1.807) is 4.57 Å². The number of hydrogen-bond acceptors (Lipinski definition) is 7. The molecule has 38 heavy (non-hydrogen) atoms. The second-order valence-corrected chi connectivity index (χ2v) is 13.3. The Kier molecular flexibility index (Phi) is 6.78. The molecule has 5 rings (SSSR count). The van der Waals surface area contributed by atoms with Crippen LogP contribution in [-0.4, -0.2) is 58.6 Å². The molecule has 0 radical (unpaired) electrons. The number of fused-ring (bicyclic) bond motifs is 1. The fourth-order valence-electron chi connectivity index (χ4n) is 5.84. The third-order valence-corrected chi connectivity index (χ3v) is 8.52. The first kappa shape index (κ1) is 27.6. The molecule has 2 aliphatic heterocycles. The van der Waals surface area contributed by atoms with E-state index in [0.717, 1.165) is 42.5 Å². The Morgan fingerprint density at radius 1 is 1.05 bits per heavy atom. The van der Waals surface area contributed by atoms with Crippen LogP contribution in [-0.2, 0) is 23.5 Å². The lowest BCUT2D eigenvalue weighted by molar-refractivity contribution is -0.178. The van der Waals surface area contributed by atoms with Crippen LogP contribution in [0.4, 0.5) is 4.79 Å². The van der Waals surface area contributed by atoms with Crippen LogP contribution < -0.4 is 5.59 Å². The van der Waals surface area contributed by atoms with Crippen LogP contribution >= 0.6 is 0 Å². The Labute approximate surface area is 226 Å². The molecule has 1 saturated carbocycles. The van der Waals surface area contributed by atoms with Crippen molar-refractivity contribution in [1.29, 1.82) is 0 Å². The van der Waals surface area contributed by atoms with Gasteiger partial charge in [-0.1, -0.05) is 13.8 Å². The maximum Gasteiger partial charge on any atom is 0.513 e. The van der Waals surface area contributed by atoms with Gasteiger partial charge in [-0.25, -0.2) is 4.79 Å². The first-order chi connectivity index (χ1) is 17.6. The minimum Gasteiger partial charge on any atom is -0.443 e. The molecule has 0 atom stereocenters. The molecule has 2 aromatic heterocycles. The van der Waals surface area contributed by atoms with Gasteiger partial charge in [0.2, 0.25) is 0 Å². The predicted octanol–water partition coefficient (Wildman–Crippen LogP) is 5.64. The van der Waals surface area contributed by atoms with Gasteiger partial charge in [-0.2, -0.15) is 0 Å². The van der Waals surface area contributed by atoms with Gasteiger partial charge >= 0.3 is 13.2 Å². The normalized spacial score (nSPS) is 23.2. The third kappa shape index (κ3) is 4.80. The second-order valence-electron chi connectivity index (χ2n) is 13.3. The molecule has 9 heteroatoms. The standard InChI is InChI=1S/C29H43BN2O6/c1-18(2)22-23-21(11-10-20(31-23)19-12-14-29(15-13-19)34-16-17-35-29)32(25(33)36-26(3,4)5)24(22)30-37-27(6,7)28(8,9)38-30/h10-11,18-19H,12-17H2,1-9H3. The monoisotopic (exact) mass is 526 g/mol. The molecule has 3 fully saturated rings. The van der Waals surface area contributed by atoms with Crippen LogP contribution in [0, 0.1) is 0 Å². The zero-order chi connectivity index (χ0) is 27.7. The van der Waals surface area contributed by atoms with Crippen molar-refractivity contribution in [3.63, 3.8) is 0 Å². The van der Waals surface area contributed by atoms with Gasteiger partial charge in [-0.05, 0) is 84.9 Å². The van der Waals surface area contributed by atoms with Crippen molar-refractivity contribution >= 4 is 29.8 Å². The quantitative estimate of drug-likeness (QED) is 0.479. The summed E-state index contributed by atoms with van der Waals surface area (Å²) in [7, 11) is -0.728. The molecular formula is C29H43BN2O6.